The van der Waals surface area contributed by atoms with E-state index < -0.39 is 0 Å². The Kier molecular flexibility index (Phi) is 4.66. The van der Waals surface area contributed by atoms with E-state index >= 15 is 0 Å². The molecule has 1 N–H and O–H groups in total. The summed E-state index contributed by atoms with van der Waals surface area (Å²) in [4.78, 5) is 2.61. The Balaban J connectivity index is 1.81. The molecule has 0 radical (unpaired) electrons. The molecule has 2 aliphatic rings. The summed E-state index contributed by atoms with van der Waals surface area (Å²) < 4.78 is 11.5. The number of ether oxygens (including phenoxy) is 2. The first-order valence-electron chi connectivity index (χ1n) is 8.18. The van der Waals surface area contributed by atoms with Gasteiger partial charge in [0.2, 0.25) is 0 Å². The third-order valence-electron chi connectivity index (χ3n) is 4.46. The van der Waals surface area contributed by atoms with Crippen molar-refractivity contribution in [3.05, 3.63) is 23.3 Å². The third-order valence-corrected chi connectivity index (χ3v) is 4.46. The Bertz CT molecular complexity index is 484. The Morgan fingerprint density at radius 2 is 1.86 bits per heavy atom. The van der Waals surface area contributed by atoms with E-state index in [0.717, 1.165) is 44.1 Å². The summed E-state index contributed by atoms with van der Waals surface area (Å²) in [6.07, 6.45) is 2.38. The van der Waals surface area contributed by atoms with E-state index in [4.69, 9.17) is 9.47 Å². The van der Waals surface area contributed by atoms with Crippen LogP contribution in [0.5, 0.6) is 11.5 Å². The second kappa shape index (κ2) is 6.67. The molecule has 0 bridgehead atoms. The van der Waals surface area contributed by atoms with Crippen LogP contribution in [0.1, 0.15) is 31.4 Å². The number of benzene rings is 1. The van der Waals surface area contributed by atoms with Gasteiger partial charge in [-0.1, -0.05) is 0 Å². The molecule has 0 aromatic heterocycles. The van der Waals surface area contributed by atoms with Gasteiger partial charge in [0.1, 0.15) is 0 Å². The molecule has 4 nitrogen and oxygen atoms in total. The Hall–Kier alpha value is -1.26. The van der Waals surface area contributed by atoms with Crippen LogP contribution in [-0.2, 0) is 13.0 Å². The molecule has 21 heavy (non-hydrogen) atoms. The van der Waals surface area contributed by atoms with E-state index in [0.29, 0.717) is 19.3 Å². The van der Waals surface area contributed by atoms with E-state index in [-0.39, 0.29) is 0 Å². The van der Waals surface area contributed by atoms with Gasteiger partial charge in [-0.05, 0) is 56.5 Å². The number of nitrogens with one attached hydrogen (secondary N) is 1. The fourth-order valence-corrected chi connectivity index (χ4v) is 3.39. The lowest BCUT2D eigenvalue weighted by Gasteiger charge is -2.33. The minimum atomic E-state index is 0.676. The molecule has 2 heterocycles. The zero-order chi connectivity index (χ0) is 14.7. The van der Waals surface area contributed by atoms with Crippen LogP contribution in [0.2, 0.25) is 0 Å². The van der Waals surface area contributed by atoms with Crippen LogP contribution in [0.3, 0.4) is 0 Å². The summed E-state index contributed by atoms with van der Waals surface area (Å²) in [7, 11) is 0. The lowest BCUT2D eigenvalue weighted by molar-refractivity contribution is 0.189. The molecule has 0 spiro atoms. The quantitative estimate of drug-likeness (QED) is 0.901. The molecular weight excluding hydrogens is 264 g/mol. The largest absolute Gasteiger partial charge is 0.490 e. The fourth-order valence-electron chi connectivity index (χ4n) is 3.39. The zero-order valence-corrected chi connectivity index (χ0v) is 13.2. The summed E-state index contributed by atoms with van der Waals surface area (Å²) in [5, 5.41) is 3.46. The SMILES string of the molecule is CCOc1cc2c(cc1OCC)CN([C@@H]1CCNC1)CC2. The minimum absolute atomic E-state index is 0.676. The number of fused-ring (bicyclic) bond motifs is 1. The van der Waals surface area contributed by atoms with Gasteiger partial charge < -0.3 is 14.8 Å². The second-order valence-electron chi connectivity index (χ2n) is 5.80. The standard InChI is InChI=1S/C17H26N2O2/c1-3-20-16-9-13-6-8-19(15-5-7-18-11-15)12-14(13)10-17(16)21-4-2/h9-10,15,18H,3-8,11-12H2,1-2H3/t15-/m1/s1. The van der Waals surface area contributed by atoms with Crippen molar-refractivity contribution < 1.29 is 9.47 Å². The topological polar surface area (TPSA) is 33.7 Å². The number of rotatable bonds is 5. The molecule has 116 valence electrons. The zero-order valence-electron chi connectivity index (χ0n) is 13.2. The normalized spacial score (nSPS) is 22.1. The van der Waals surface area contributed by atoms with Crippen molar-refractivity contribution in [2.45, 2.75) is 39.3 Å². The van der Waals surface area contributed by atoms with Gasteiger partial charge in [-0.3, -0.25) is 4.90 Å². The van der Waals surface area contributed by atoms with Crippen molar-refractivity contribution in [3.63, 3.8) is 0 Å². The lowest BCUT2D eigenvalue weighted by Crippen LogP contribution is -2.40. The van der Waals surface area contributed by atoms with Gasteiger partial charge in [0.25, 0.3) is 0 Å². The van der Waals surface area contributed by atoms with Crippen molar-refractivity contribution in [3.8, 4) is 11.5 Å². The van der Waals surface area contributed by atoms with Crippen molar-refractivity contribution in [1.29, 1.82) is 0 Å². The molecule has 1 aromatic carbocycles. The van der Waals surface area contributed by atoms with Crippen molar-refractivity contribution in [2.75, 3.05) is 32.8 Å². The lowest BCUT2D eigenvalue weighted by atomic mass is 9.97. The van der Waals surface area contributed by atoms with E-state index in [1.54, 1.807) is 0 Å². The molecule has 4 heteroatoms. The highest BCUT2D eigenvalue weighted by Gasteiger charge is 2.26. The van der Waals surface area contributed by atoms with Crippen LogP contribution in [0.4, 0.5) is 0 Å². The Morgan fingerprint density at radius 3 is 2.48 bits per heavy atom. The van der Waals surface area contributed by atoms with E-state index in [1.807, 2.05) is 13.8 Å². The van der Waals surface area contributed by atoms with Gasteiger partial charge >= 0.3 is 0 Å². The van der Waals surface area contributed by atoms with Gasteiger partial charge in [0.05, 0.1) is 13.2 Å². The number of hydrogen-bond donors (Lipinski definition) is 1. The van der Waals surface area contributed by atoms with Crippen molar-refractivity contribution in [1.82, 2.24) is 10.2 Å². The predicted octanol–water partition coefficient (Wildman–Crippen LogP) is 2.20. The molecule has 3 rings (SSSR count). The van der Waals surface area contributed by atoms with Crippen molar-refractivity contribution >= 4 is 0 Å². The van der Waals surface area contributed by atoms with Crippen LogP contribution in [0.15, 0.2) is 12.1 Å². The summed E-state index contributed by atoms with van der Waals surface area (Å²) >= 11 is 0. The molecule has 0 unspecified atom stereocenters. The van der Waals surface area contributed by atoms with Gasteiger partial charge in [-0.2, -0.15) is 0 Å². The molecule has 0 aliphatic carbocycles. The van der Waals surface area contributed by atoms with Gasteiger partial charge in [0.15, 0.2) is 11.5 Å². The second-order valence-corrected chi connectivity index (χ2v) is 5.80. The highest BCUT2D eigenvalue weighted by Crippen LogP contribution is 2.34. The number of hydrogen-bond acceptors (Lipinski definition) is 4. The predicted molar refractivity (Wildman–Crippen MR) is 84.2 cm³/mol. The summed E-state index contributed by atoms with van der Waals surface area (Å²) in [5.74, 6) is 1.79. The minimum Gasteiger partial charge on any atom is -0.490 e. The summed E-state index contributed by atoms with van der Waals surface area (Å²) in [6.45, 7) is 9.86. The van der Waals surface area contributed by atoms with Gasteiger partial charge in [-0.25, -0.2) is 0 Å². The third kappa shape index (κ3) is 3.16. The van der Waals surface area contributed by atoms with E-state index in [2.05, 4.69) is 22.3 Å². The molecule has 0 saturated carbocycles. The first-order valence-corrected chi connectivity index (χ1v) is 8.18. The van der Waals surface area contributed by atoms with Crippen molar-refractivity contribution in [2.24, 2.45) is 0 Å². The van der Waals surface area contributed by atoms with Crippen LogP contribution in [0.25, 0.3) is 0 Å². The molecule has 1 saturated heterocycles. The average Bonchev–Trinajstić information content (AvgIpc) is 3.02. The molecule has 1 aromatic rings. The van der Waals surface area contributed by atoms with Gasteiger partial charge in [0, 0.05) is 25.7 Å². The van der Waals surface area contributed by atoms with E-state index in [9.17, 15) is 0 Å². The highest BCUT2D eigenvalue weighted by atomic mass is 16.5. The summed E-state index contributed by atoms with van der Waals surface area (Å²) in [5.41, 5.74) is 2.82. The van der Waals surface area contributed by atoms with Crippen LogP contribution in [-0.4, -0.2) is 43.8 Å². The first kappa shape index (κ1) is 14.7. The van der Waals surface area contributed by atoms with E-state index in [1.165, 1.54) is 17.5 Å². The average molecular weight is 290 g/mol. The maximum Gasteiger partial charge on any atom is 0.161 e. The maximum atomic E-state index is 5.76. The van der Waals surface area contributed by atoms with Gasteiger partial charge in [-0.15, -0.1) is 0 Å². The molecule has 2 aliphatic heterocycles. The molecular formula is C17H26N2O2. The monoisotopic (exact) mass is 290 g/mol. The van der Waals surface area contributed by atoms with Crippen LogP contribution >= 0.6 is 0 Å². The maximum absolute atomic E-state index is 5.76. The summed E-state index contributed by atoms with van der Waals surface area (Å²) in [6, 6.07) is 5.08. The Labute approximate surface area is 127 Å². The van der Waals surface area contributed by atoms with Crippen LogP contribution in [0, 0.1) is 0 Å². The van der Waals surface area contributed by atoms with Crippen LogP contribution < -0.4 is 14.8 Å². The fraction of sp³-hybridized carbons (Fsp3) is 0.647. The molecule has 1 atom stereocenters. The first-order chi connectivity index (χ1) is 10.3. The molecule has 0 amide bonds. The molecule has 1 fully saturated rings. The smallest absolute Gasteiger partial charge is 0.161 e. The highest BCUT2D eigenvalue weighted by molar-refractivity contribution is 5.48. The number of nitrogens with zero attached hydrogens (tertiary/aromatic N) is 1. The Morgan fingerprint density at radius 1 is 1.14 bits per heavy atom.